The Morgan fingerprint density at radius 1 is 0.400 bits per heavy atom. The minimum Gasteiger partial charge on any atom is -0.456 e. The van der Waals surface area contributed by atoms with Crippen LogP contribution in [0.15, 0.2) is 192 Å². The van der Waals surface area contributed by atoms with Crippen molar-refractivity contribution >= 4 is 60.5 Å². The highest BCUT2D eigenvalue weighted by Crippen LogP contribution is 2.55. The van der Waals surface area contributed by atoms with Gasteiger partial charge in [0.15, 0.2) is 0 Å². The molecule has 0 saturated carbocycles. The largest absolute Gasteiger partial charge is 0.456 e. The monoisotopic (exact) mass is 703 g/mol. The Morgan fingerprint density at radius 3 is 1.87 bits per heavy atom. The van der Waals surface area contributed by atoms with E-state index in [1.165, 1.54) is 60.6 Å². The van der Waals surface area contributed by atoms with Crippen LogP contribution in [0.5, 0.6) is 0 Å². The van der Waals surface area contributed by atoms with E-state index in [2.05, 4.69) is 207 Å². The van der Waals surface area contributed by atoms with Crippen molar-refractivity contribution in [2.24, 2.45) is 0 Å². The summed E-state index contributed by atoms with van der Waals surface area (Å²) in [6.45, 7) is 4.75. The number of fused-ring (bicyclic) bond motifs is 8. The number of furan rings is 1. The number of anilines is 3. The molecule has 9 aromatic carbocycles. The maximum absolute atomic E-state index is 6.44. The Bertz CT molecular complexity index is 3150. The topological polar surface area (TPSA) is 16.4 Å². The lowest BCUT2D eigenvalue weighted by Gasteiger charge is -2.33. The number of rotatable bonds is 5. The van der Waals surface area contributed by atoms with Crippen LogP contribution in [-0.4, -0.2) is 0 Å². The summed E-state index contributed by atoms with van der Waals surface area (Å²) >= 11 is 0. The average molecular weight is 704 g/mol. The molecule has 1 aliphatic carbocycles. The van der Waals surface area contributed by atoms with Crippen LogP contribution in [0.2, 0.25) is 0 Å². The second-order valence-corrected chi connectivity index (χ2v) is 15.3. The van der Waals surface area contributed by atoms with Crippen LogP contribution in [0.3, 0.4) is 0 Å². The van der Waals surface area contributed by atoms with Crippen LogP contribution in [0, 0.1) is 0 Å². The highest BCUT2D eigenvalue weighted by atomic mass is 16.3. The zero-order chi connectivity index (χ0) is 36.7. The molecule has 0 amide bonds. The maximum Gasteiger partial charge on any atom is 0.136 e. The predicted molar refractivity (Wildman–Crippen MR) is 232 cm³/mol. The van der Waals surface area contributed by atoms with E-state index in [1.807, 2.05) is 0 Å². The fourth-order valence-electron chi connectivity index (χ4n) is 9.15. The highest BCUT2D eigenvalue weighted by Gasteiger charge is 2.39. The fraction of sp³-hybridized carbons (Fsp3) is 0.0566. The summed E-state index contributed by atoms with van der Waals surface area (Å²) < 4.78 is 6.44. The Balaban J connectivity index is 1.14. The lowest BCUT2D eigenvalue weighted by atomic mass is 9.81. The van der Waals surface area contributed by atoms with Crippen molar-refractivity contribution < 1.29 is 4.42 Å². The Hall–Kier alpha value is -6.90. The third-order valence-electron chi connectivity index (χ3n) is 11.8. The molecule has 0 N–H and O–H groups in total. The van der Waals surface area contributed by atoms with E-state index in [-0.39, 0.29) is 5.41 Å². The second-order valence-electron chi connectivity index (χ2n) is 15.3. The lowest BCUT2D eigenvalue weighted by molar-refractivity contribution is 0.661. The zero-order valence-electron chi connectivity index (χ0n) is 30.8. The van der Waals surface area contributed by atoms with Crippen molar-refractivity contribution in [3.05, 3.63) is 199 Å². The number of para-hydroxylation sites is 1. The van der Waals surface area contributed by atoms with Gasteiger partial charge in [0.05, 0.1) is 11.4 Å². The van der Waals surface area contributed by atoms with Crippen LogP contribution < -0.4 is 4.90 Å². The average Bonchev–Trinajstić information content (AvgIpc) is 3.71. The van der Waals surface area contributed by atoms with E-state index in [0.717, 1.165) is 44.4 Å². The first-order chi connectivity index (χ1) is 27.0. The normalized spacial score (nSPS) is 13.1. The summed E-state index contributed by atoms with van der Waals surface area (Å²) in [5, 5.41) is 7.13. The summed E-state index contributed by atoms with van der Waals surface area (Å²) in [5.41, 5.74) is 15.0. The van der Waals surface area contributed by atoms with Gasteiger partial charge in [0.1, 0.15) is 11.2 Å². The van der Waals surface area contributed by atoms with Gasteiger partial charge in [-0.25, -0.2) is 0 Å². The van der Waals surface area contributed by atoms with Gasteiger partial charge < -0.3 is 9.32 Å². The molecule has 11 rings (SSSR count). The molecule has 260 valence electrons. The van der Waals surface area contributed by atoms with Crippen molar-refractivity contribution in [2.45, 2.75) is 19.3 Å². The van der Waals surface area contributed by atoms with Crippen LogP contribution >= 0.6 is 0 Å². The van der Waals surface area contributed by atoms with Gasteiger partial charge in [0.2, 0.25) is 0 Å². The Kier molecular flexibility index (Phi) is 6.93. The van der Waals surface area contributed by atoms with Crippen LogP contribution in [0.4, 0.5) is 17.1 Å². The molecule has 0 radical (unpaired) electrons. The van der Waals surface area contributed by atoms with Gasteiger partial charge >= 0.3 is 0 Å². The van der Waals surface area contributed by atoms with Crippen molar-refractivity contribution in [3.63, 3.8) is 0 Å². The molecule has 1 aromatic heterocycles. The summed E-state index contributed by atoms with van der Waals surface area (Å²) in [7, 11) is 0. The highest BCUT2D eigenvalue weighted by molar-refractivity contribution is 6.11. The zero-order valence-corrected chi connectivity index (χ0v) is 30.8. The van der Waals surface area contributed by atoms with Crippen LogP contribution in [0.25, 0.3) is 76.9 Å². The molecule has 1 heterocycles. The van der Waals surface area contributed by atoms with Crippen LogP contribution in [0.1, 0.15) is 25.0 Å². The smallest absolute Gasteiger partial charge is 0.136 e. The molecular formula is C53H37NO. The lowest BCUT2D eigenvalue weighted by Crippen LogP contribution is -2.21. The summed E-state index contributed by atoms with van der Waals surface area (Å²) in [5.74, 6) is 0. The van der Waals surface area contributed by atoms with Crippen molar-refractivity contribution in [1.82, 2.24) is 0 Å². The third-order valence-corrected chi connectivity index (χ3v) is 11.8. The molecule has 10 aromatic rings. The quantitative estimate of drug-likeness (QED) is 0.177. The van der Waals surface area contributed by atoms with E-state index in [1.54, 1.807) is 0 Å². The summed E-state index contributed by atoms with van der Waals surface area (Å²) in [4.78, 5) is 2.50. The Labute approximate surface area is 320 Å². The maximum atomic E-state index is 6.44. The third kappa shape index (κ3) is 4.95. The molecule has 2 nitrogen and oxygen atoms in total. The molecule has 0 unspecified atom stereocenters. The first kappa shape index (κ1) is 31.6. The number of hydrogen-bond donors (Lipinski definition) is 0. The van der Waals surface area contributed by atoms with E-state index in [0.29, 0.717) is 0 Å². The standard InChI is InChI=1S/C53H37NO/c1-53(2)47-22-9-7-20-43(47)44-21-12-24-49(52(44)53)54(41-18-11-17-36(30-41)39-26-25-34-13-3-4-14-35(34)29-39)48-23-10-8-19-42(48)40-27-28-50-45(32-40)46-31-37-15-5-6-16-38(37)33-51(46)55-50/h3-33H,1-2H3. The van der Waals surface area contributed by atoms with E-state index < -0.39 is 0 Å². The fourth-order valence-corrected chi connectivity index (χ4v) is 9.15. The van der Waals surface area contributed by atoms with Gasteiger partial charge in [-0.3, -0.25) is 0 Å². The first-order valence-corrected chi connectivity index (χ1v) is 19.1. The van der Waals surface area contributed by atoms with Crippen molar-refractivity contribution in [2.75, 3.05) is 4.90 Å². The van der Waals surface area contributed by atoms with Crippen molar-refractivity contribution in [1.29, 1.82) is 0 Å². The molecule has 0 atom stereocenters. The van der Waals surface area contributed by atoms with Crippen molar-refractivity contribution in [3.8, 4) is 33.4 Å². The van der Waals surface area contributed by atoms with Gasteiger partial charge in [-0.05, 0) is 115 Å². The first-order valence-electron chi connectivity index (χ1n) is 19.1. The molecule has 2 heteroatoms. The van der Waals surface area contributed by atoms with E-state index >= 15 is 0 Å². The second kappa shape index (κ2) is 12.1. The van der Waals surface area contributed by atoms with E-state index in [4.69, 9.17) is 4.42 Å². The molecule has 1 aliphatic rings. The molecular weight excluding hydrogens is 667 g/mol. The molecule has 0 spiro atoms. The molecule has 0 aliphatic heterocycles. The number of nitrogens with zero attached hydrogens (tertiary/aromatic N) is 1. The van der Waals surface area contributed by atoms with Gasteiger partial charge in [-0.2, -0.15) is 0 Å². The number of benzene rings is 9. The van der Waals surface area contributed by atoms with Gasteiger partial charge in [-0.1, -0.05) is 147 Å². The minimum absolute atomic E-state index is 0.205. The summed E-state index contributed by atoms with van der Waals surface area (Å²) in [6.07, 6.45) is 0. The molecule has 0 saturated heterocycles. The van der Waals surface area contributed by atoms with E-state index in [9.17, 15) is 0 Å². The number of hydrogen-bond acceptors (Lipinski definition) is 2. The minimum atomic E-state index is -0.205. The molecule has 0 fully saturated rings. The molecule has 55 heavy (non-hydrogen) atoms. The Morgan fingerprint density at radius 2 is 1.02 bits per heavy atom. The van der Waals surface area contributed by atoms with Gasteiger partial charge in [0.25, 0.3) is 0 Å². The summed E-state index contributed by atoms with van der Waals surface area (Å²) in [6, 6.07) is 68.6. The molecule has 0 bridgehead atoms. The van der Waals surface area contributed by atoms with Gasteiger partial charge in [0, 0.05) is 27.4 Å². The predicted octanol–water partition coefficient (Wildman–Crippen LogP) is 15.0. The van der Waals surface area contributed by atoms with Gasteiger partial charge in [-0.15, -0.1) is 0 Å². The SMILES string of the molecule is CC1(C)c2ccccc2-c2cccc(N(c3cccc(-c4ccc5ccccc5c4)c3)c3ccccc3-c3ccc4oc5cc6ccccc6cc5c4c3)c21. The van der Waals surface area contributed by atoms with Crippen LogP contribution in [-0.2, 0) is 5.41 Å².